The quantitative estimate of drug-likeness (QED) is 0.319. The fourth-order valence-corrected chi connectivity index (χ4v) is 1.99. The Labute approximate surface area is 126 Å². The Balaban J connectivity index is 2.06. The molecule has 0 aliphatic carbocycles. The first-order chi connectivity index (χ1) is 10.5. The van der Waals surface area contributed by atoms with Gasteiger partial charge >= 0.3 is 6.09 Å². The molecular formula is C13H16FN5O3. The van der Waals surface area contributed by atoms with E-state index in [4.69, 9.17) is 10.6 Å². The van der Waals surface area contributed by atoms with Gasteiger partial charge in [-0.1, -0.05) is 0 Å². The first-order valence-electron chi connectivity index (χ1n) is 6.51. The van der Waals surface area contributed by atoms with Crippen molar-refractivity contribution in [3.63, 3.8) is 0 Å². The van der Waals surface area contributed by atoms with E-state index in [1.807, 2.05) is 0 Å². The zero-order valence-corrected chi connectivity index (χ0v) is 11.9. The molecule has 0 saturated carbocycles. The van der Waals surface area contributed by atoms with Gasteiger partial charge in [0.1, 0.15) is 18.3 Å². The summed E-state index contributed by atoms with van der Waals surface area (Å²) in [6, 6.07) is 4.23. The van der Waals surface area contributed by atoms with Crippen LogP contribution < -0.4 is 21.4 Å². The van der Waals surface area contributed by atoms with Crippen LogP contribution in [0.25, 0.3) is 0 Å². The Morgan fingerprint density at radius 1 is 1.64 bits per heavy atom. The number of ether oxygens (including phenoxy) is 1. The molecule has 8 nitrogen and oxygen atoms in total. The standard InChI is InChI=1S/C13H16FN5O3/c1-8(20)16-5-10-6-19(13(21)22-10)9-2-3-12(11(14)4-9)17-7-18-15/h2-4,7,10H,5-6,15H2,1H3,(H,16,20)(H,17,18)/t10-/m0/s1. The van der Waals surface area contributed by atoms with Crippen LogP contribution in [-0.4, -0.2) is 37.5 Å². The highest BCUT2D eigenvalue weighted by molar-refractivity contribution is 5.90. The molecule has 1 aromatic carbocycles. The third kappa shape index (κ3) is 3.62. The Bertz CT molecular complexity index is 607. The summed E-state index contributed by atoms with van der Waals surface area (Å²) in [4.78, 5) is 24.0. The maximum absolute atomic E-state index is 13.9. The highest BCUT2D eigenvalue weighted by Gasteiger charge is 2.32. The normalized spacial score (nSPS) is 17.6. The van der Waals surface area contributed by atoms with Gasteiger partial charge in [-0.3, -0.25) is 9.69 Å². The van der Waals surface area contributed by atoms with Crippen molar-refractivity contribution in [3.05, 3.63) is 24.0 Å². The molecule has 9 heteroatoms. The molecule has 2 amide bonds. The largest absolute Gasteiger partial charge is 0.442 e. The minimum atomic E-state index is -0.584. The number of halogens is 1. The molecule has 1 saturated heterocycles. The first kappa shape index (κ1) is 15.5. The predicted octanol–water partition coefficient (Wildman–Crippen LogP) is 0.601. The second-order valence-electron chi connectivity index (χ2n) is 4.64. The summed E-state index contributed by atoms with van der Waals surface area (Å²) >= 11 is 0. The van der Waals surface area contributed by atoms with Gasteiger partial charge in [-0.15, -0.1) is 0 Å². The van der Waals surface area contributed by atoms with E-state index < -0.39 is 18.0 Å². The van der Waals surface area contributed by atoms with Gasteiger partial charge < -0.3 is 21.2 Å². The second kappa shape index (κ2) is 6.74. The van der Waals surface area contributed by atoms with Crippen molar-refractivity contribution in [2.45, 2.75) is 13.0 Å². The van der Waals surface area contributed by atoms with Gasteiger partial charge in [0.05, 0.1) is 24.5 Å². The second-order valence-corrected chi connectivity index (χ2v) is 4.64. The van der Waals surface area contributed by atoms with Crippen LogP contribution >= 0.6 is 0 Å². The van der Waals surface area contributed by atoms with Crippen molar-refractivity contribution < 1.29 is 18.7 Å². The molecule has 1 aromatic rings. The predicted molar refractivity (Wildman–Crippen MR) is 79.0 cm³/mol. The number of benzene rings is 1. The summed E-state index contributed by atoms with van der Waals surface area (Å²) < 4.78 is 19.0. The number of amides is 2. The lowest BCUT2D eigenvalue weighted by molar-refractivity contribution is -0.119. The van der Waals surface area contributed by atoms with Crippen molar-refractivity contribution in [3.8, 4) is 0 Å². The SMILES string of the molecule is CC(=O)NC[C@H]1CN(c2ccc(N/C=N\N)c(F)c2)C(=O)O1. The number of hydrogen-bond acceptors (Lipinski definition) is 5. The van der Waals surface area contributed by atoms with Gasteiger partial charge in [-0.05, 0) is 18.2 Å². The molecule has 4 N–H and O–H groups in total. The van der Waals surface area contributed by atoms with E-state index in [1.165, 1.54) is 24.0 Å². The van der Waals surface area contributed by atoms with Gasteiger partial charge in [0.25, 0.3) is 0 Å². The highest BCUT2D eigenvalue weighted by Crippen LogP contribution is 2.25. The van der Waals surface area contributed by atoms with Gasteiger partial charge in [0.15, 0.2) is 0 Å². The van der Waals surface area contributed by atoms with Crippen molar-refractivity contribution >= 4 is 29.7 Å². The lowest BCUT2D eigenvalue weighted by Gasteiger charge is -2.14. The molecule has 1 aliphatic heterocycles. The maximum atomic E-state index is 13.9. The topological polar surface area (TPSA) is 109 Å². The average Bonchev–Trinajstić information content (AvgIpc) is 2.85. The Kier molecular flexibility index (Phi) is 4.77. The van der Waals surface area contributed by atoms with E-state index in [1.54, 1.807) is 6.07 Å². The van der Waals surface area contributed by atoms with Crippen LogP contribution in [0.3, 0.4) is 0 Å². The van der Waals surface area contributed by atoms with Gasteiger partial charge in [0, 0.05) is 6.92 Å². The number of carbonyl (C=O) groups is 2. The minimum Gasteiger partial charge on any atom is -0.442 e. The summed E-state index contributed by atoms with van der Waals surface area (Å²) in [5, 5.41) is 8.34. The molecule has 0 radical (unpaired) electrons. The number of rotatable bonds is 5. The zero-order chi connectivity index (χ0) is 16.1. The summed E-state index contributed by atoms with van der Waals surface area (Å²) in [7, 11) is 0. The molecule has 1 heterocycles. The van der Waals surface area contributed by atoms with Crippen molar-refractivity contribution in [1.82, 2.24) is 5.32 Å². The smallest absolute Gasteiger partial charge is 0.414 e. The fourth-order valence-electron chi connectivity index (χ4n) is 1.99. The van der Waals surface area contributed by atoms with Crippen LogP contribution in [0, 0.1) is 5.82 Å². The van der Waals surface area contributed by atoms with Crippen LogP contribution in [0.4, 0.5) is 20.6 Å². The zero-order valence-electron chi connectivity index (χ0n) is 11.9. The Morgan fingerprint density at radius 3 is 3.05 bits per heavy atom. The molecule has 1 atom stereocenters. The highest BCUT2D eigenvalue weighted by atomic mass is 19.1. The number of nitrogens with one attached hydrogen (secondary N) is 2. The number of anilines is 2. The monoisotopic (exact) mass is 309 g/mol. The van der Waals surface area contributed by atoms with Crippen molar-refractivity contribution in [2.75, 3.05) is 23.3 Å². The van der Waals surface area contributed by atoms with E-state index in [0.29, 0.717) is 5.69 Å². The van der Waals surface area contributed by atoms with Gasteiger partial charge in [0.2, 0.25) is 5.91 Å². The number of carbonyl (C=O) groups excluding carboxylic acids is 2. The molecule has 1 aliphatic rings. The van der Waals surface area contributed by atoms with Crippen LogP contribution in [0.5, 0.6) is 0 Å². The van der Waals surface area contributed by atoms with Crippen molar-refractivity contribution in [2.24, 2.45) is 10.9 Å². The average molecular weight is 309 g/mol. The summed E-state index contributed by atoms with van der Waals surface area (Å²) in [5.74, 6) is 4.15. The van der Waals surface area contributed by atoms with Gasteiger partial charge in [-0.2, -0.15) is 5.10 Å². The number of hydrazone groups is 1. The van der Waals surface area contributed by atoms with E-state index in [9.17, 15) is 14.0 Å². The summed E-state index contributed by atoms with van der Waals surface area (Å²) in [5.41, 5.74) is 0.545. The van der Waals surface area contributed by atoms with Crippen LogP contribution in [0.2, 0.25) is 0 Å². The van der Waals surface area contributed by atoms with E-state index >= 15 is 0 Å². The summed E-state index contributed by atoms with van der Waals surface area (Å²) in [6.45, 7) is 1.82. The molecule has 0 spiro atoms. The van der Waals surface area contributed by atoms with Gasteiger partial charge in [-0.25, -0.2) is 9.18 Å². The lowest BCUT2D eigenvalue weighted by atomic mass is 10.2. The Morgan fingerprint density at radius 2 is 2.41 bits per heavy atom. The van der Waals surface area contributed by atoms with E-state index in [0.717, 1.165) is 6.34 Å². The molecule has 0 aromatic heterocycles. The minimum absolute atomic E-state index is 0.181. The number of nitrogens with zero attached hydrogens (tertiary/aromatic N) is 2. The van der Waals surface area contributed by atoms with E-state index in [-0.39, 0.29) is 24.7 Å². The molecule has 0 bridgehead atoms. The fraction of sp³-hybridized carbons (Fsp3) is 0.308. The van der Waals surface area contributed by atoms with Crippen LogP contribution in [0.15, 0.2) is 23.3 Å². The molecular weight excluding hydrogens is 293 g/mol. The van der Waals surface area contributed by atoms with Crippen molar-refractivity contribution in [1.29, 1.82) is 0 Å². The molecule has 0 unspecified atom stereocenters. The lowest BCUT2D eigenvalue weighted by Crippen LogP contribution is -2.33. The number of cyclic esters (lactones) is 1. The molecule has 1 fully saturated rings. The maximum Gasteiger partial charge on any atom is 0.414 e. The van der Waals surface area contributed by atoms with Crippen LogP contribution in [0.1, 0.15) is 6.92 Å². The number of hydrogen-bond donors (Lipinski definition) is 3. The third-order valence-electron chi connectivity index (χ3n) is 3.01. The number of nitrogens with two attached hydrogens (primary N) is 1. The molecule has 22 heavy (non-hydrogen) atoms. The Hall–Kier alpha value is -2.84. The summed E-state index contributed by atoms with van der Waals surface area (Å²) in [6.07, 6.45) is 0.0895. The van der Waals surface area contributed by atoms with Crippen LogP contribution in [-0.2, 0) is 9.53 Å². The van der Waals surface area contributed by atoms with E-state index in [2.05, 4.69) is 15.7 Å². The first-order valence-corrected chi connectivity index (χ1v) is 6.51. The molecule has 118 valence electrons. The molecule has 2 rings (SSSR count). The third-order valence-corrected chi connectivity index (χ3v) is 3.01.